The van der Waals surface area contributed by atoms with E-state index in [4.69, 9.17) is 12.2 Å². The van der Waals surface area contributed by atoms with Crippen LogP contribution in [0.3, 0.4) is 0 Å². The molecular weight excluding hydrogens is 380 g/mol. The first-order valence-corrected chi connectivity index (χ1v) is 10.5. The number of thiocarbonyl (C=S) groups is 1. The van der Waals surface area contributed by atoms with Crippen LogP contribution in [-0.4, -0.2) is 48.8 Å². The summed E-state index contributed by atoms with van der Waals surface area (Å²) >= 11 is 6.88. The molecule has 27 heavy (non-hydrogen) atoms. The van der Waals surface area contributed by atoms with E-state index >= 15 is 0 Å². The predicted octanol–water partition coefficient (Wildman–Crippen LogP) is 4.19. The Balaban J connectivity index is 1.75. The highest BCUT2D eigenvalue weighted by molar-refractivity contribution is 8.24. The van der Waals surface area contributed by atoms with Crippen molar-refractivity contribution in [1.82, 2.24) is 15.4 Å². The van der Waals surface area contributed by atoms with E-state index in [0.717, 1.165) is 36.3 Å². The Hall–Kier alpha value is -1.64. The largest absolute Gasteiger partial charge is 0.343 e. The van der Waals surface area contributed by atoms with E-state index in [1.807, 2.05) is 44.2 Å². The average Bonchev–Trinajstić information content (AvgIpc) is 2.88. The SMILES string of the molecule is CC1(C)SC(=S)N(N=Cc2ccccc2)C1N(O)C(=O)NC1CCCCC1. The maximum absolute atomic E-state index is 12.6. The highest BCUT2D eigenvalue weighted by Crippen LogP contribution is 2.42. The molecule has 1 aromatic carbocycles. The summed E-state index contributed by atoms with van der Waals surface area (Å²) in [5.74, 6) is 0. The number of hydrogen-bond donors (Lipinski definition) is 2. The number of nitrogens with one attached hydrogen (secondary N) is 1. The highest BCUT2D eigenvalue weighted by atomic mass is 32.2. The lowest BCUT2D eigenvalue weighted by atomic mass is 9.96. The summed E-state index contributed by atoms with van der Waals surface area (Å²) in [6.07, 6.45) is 6.34. The van der Waals surface area contributed by atoms with Crippen LogP contribution in [-0.2, 0) is 0 Å². The molecule has 0 spiro atoms. The van der Waals surface area contributed by atoms with Gasteiger partial charge < -0.3 is 5.32 Å². The first-order valence-electron chi connectivity index (χ1n) is 9.28. The Kier molecular flexibility index (Phi) is 6.39. The molecule has 1 heterocycles. The molecule has 6 nitrogen and oxygen atoms in total. The van der Waals surface area contributed by atoms with Crippen LogP contribution in [0.2, 0.25) is 0 Å². The third kappa shape index (κ3) is 4.80. The molecule has 2 fully saturated rings. The summed E-state index contributed by atoms with van der Waals surface area (Å²) in [6.45, 7) is 3.90. The highest BCUT2D eigenvalue weighted by Gasteiger charge is 2.50. The van der Waals surface area contributed by atoms with Gasteiger partial charge >= 0.3 is 6.03 Å². The molecule has 1 unspecified atom stereocenters. The van der Waals surface area contributed by atoms with Crippen LogP contribution in [0.4, 0.5) is 4.79 Å². The van der Waals surface area contributed by atoms with Gasteiger partial charge in [-0.15, -0.1) is 0 Å². The number of benzene rings is 1. The monoisotopic (exact) mass is 406 g/mol. The van der Waals surface area contributed by atoms with Crippen molar-refractivity contribution in [2.75, 3.05) is 0 Å². The van der Waals surface area contributed by atoms with Gasteiger partial charge in [0, 0.05) is 6.04 Å². The van der Waals surface area contributed by atoms with E-state index in [1.54, 1.807) is 11.2 Å². The predicted molar refractivity (Wildman–Crippen MR) is 113 cm³/mol. The van der Waals surface area contributed by atoms with E-state index in [9.17, 15) is 10.0 Å². The first kappa shape index (κ1) is 20.1. The fourth-order valence-corrected chi connectivity index (χ4v) is 5.28. The smallest absolute Gasteiger partial charge is 0.333 e. The molecule has 1 saturated heterocycles. The Morgan fingerprint density at radius 1 is 1.33 bits per heavy atom. The summed E-state index contributed by atoms with van der Waals surface area (Å²) < 4.78 is 0.0331. The number of amides is 2. The number of urea groups is 1. The van der Waals surface area contributed by atoms with Crippen molar-refractivity contribution in [2.45, 2.75) is 62.9 Å². The van der Waals surface area contributed by atoms with Gasteiger partial charge in [0.25, 0.3) is 0 Å². The van der Waals surface area contributed by atoms with E-state index in [0.29, 0.717) is 4.32 Å². The summed E-state index contributed by atoms with van der Waals surface area (Å²) in [6, 6.07) is 9.28. The molecule has 3 rings (SSSR count). The molecule has 1 saturated carbocycles. The average molecular weight is 407 g/mol. The van der Waals surface area contributed by atoms with Crippen LogP contribution in [0.5, 0.6) is 0 Å². The molecule has 2 N–H and O–H groups in total. The third-order valence-corrected chi connectivity index (χ3v) is 6.43. The van der Waals surface area contributed by atoms with Crippen LogP contribution in [0.25, 0.3) is 0 Å². The molecule has 2 aliphatic rings. The second-order valence-electron chi connectivity index (χ2n) is 7.47. The molecular formula is C19H26N4O2S2. The summed E-state index contributed by atoms with van der Waals surface area (Å²) in [5.41, 5.74) is 0.921. The van der Waals surface area contributed by atoms with Crippen molar-refractivity contribution in [3.63, 3.8) is 0 Å². The lowest BCUT2D eigenvalue weighted by Gasteiger charge is -2.35. The van der Waals surface area contributed by atoms with Crippen LogP contribution in [0.15, 0.2) is 35.4 Å². The quantitative estimate of drug-likeness (QED) is 0.340. The second-order valence-corrected chi connectivity index (χ2v) is 9.76. The van der Waals surface area contributed by atoms with Gasteiger partial charge in [0.1, 0.15) is 0 Å². The van der Waals surface area contributed by atoms with E-state index in [1.165, 1.54) is 18.2 Å². The third-order valence-electron chi connectivity index (χ3n) is 4.89. The zero-order chi connectivity index (χ0) is 19.4. The molecule has 1 atom stereocenters. The second kappa shape index (κ2) is 8.58. The van der Waals surface area contributed by atoms with Gasteiger partial charge in [0.05, 0.1) is 11.0 Å². The van der Waals surface area contributed by atoms with Gasteiger partial charge in [-0.3, -0.25) is 5.21 Å². The lowest BCUT2D eigenvalue weighted by molar-refractivity contribution is -0.119. The Labute approximate surface area is 169 Å². The summed E-state index contributed by atoms with van der Waals surface area (Å²) in [4.78, 5) is 12.6. The van der Waals surface area contributed by atoms with Gasteiger partial charge in [0.2, 0.25) is 0 Å². The Morgan fingerprint density at radius 2 is 2.00 bits per heavy atom. The topological polar surface area (TPSA) is 68.2 Å². The number of carbonyl (C=O) groups excluding carboxylic acids is 1. The fraction of sp³-hybridized carbons (Fsp3) is 0.526. The van der Waals surface area contributed by atoms with Crippen molar-refractivity contribution in [2.24, 2.45) is 5.10 Å². The molecule has 2 amide bonds. The number of carbonyl (C=O) groups is 1. The standard InChI is InChI=1S/C19H26N4O2S2/c1-19(2)16(23(25)17(24)21-15-11-7-4-8-12-15)22(18(26)27-19)20-13-14-9-5-3-6-10-14/h3,5-6,9-10,13,15-16,25H,4,7-8,11-12H2,1-2H3,(H,21,24). The molecule has 1 aliphatic carbocycles. The molecule has 146 valence electrons. The van der Waals surface area contributed by atoms with Crippen molar-refractivity contribution in [1.29, 1.82) is 0 Å². The number of nitrogens with zero attached hydrogens (tertiary/aromatic N) is 3. The van der Waals surface area contributed by atoms with Gasteiger partial charge in [-0.05, 0) is 32.3 Å². The Bertz CT molecular complexity index is 705. The van der Waals surface area contributed by atoms with Crippen LogP contribution < -0.4 is 5.32 Å². The van der Waals surface area contributed by atoms with Crippen molar-refractivity contribution in [3.05, 3.63) is 35.9 Å². The number of rotatable bonds is 4. The maximum atomic E-state index is 12.6. The van der Waals surface area contributed by atoms with E-state index < -0.39 is 16.9 Å². The van der Waals surface area contributed by atoms with Crippen molar-refractivity contribution in [3.8, 4) is 0 Å². The zero-order valence-electron chi connectivity index (χ0n) is 15.7. The lowest BCUT2D eigenvalue weighted by Crippen LogP contribution is -2.57. The normalized spacial score (nSPS) is 23.0. The minimum Gasteiger partial charge on any atom is -0.333 e. The molecule has 0 radical (unpaired) electrons. The molecule has 1 aliphatic heterocycles. The number of hydrazone groups is 1. The summed E-state index contributed by atoms with van der Waals surface area (Å²) in [7, 11) is 0. The van der Waals surface area contributed by atoms with Gasteiger partial charge in [-0.2, -0.15) is 10.2 Å². The minimum atomic E-state index is -0.682. The molecule has 1 aromatic rings. The number of hydroxylamine groups is 2. The van der Waals surface area contributed by atoms with Crippen LogP contribution in [0, 0.1) is 0 Å². The van der Waals surface area contributed by atoms with E-state index in [2.05, 4.69) is 10.4 Å². The Morgan fingerprint density at radius 3 is 2.67 bits per heavy atom. The number of hydrogen-bond acceptors (Lipinski definition) is 5. The molecule has 0 bridgehead atoms. The molecule has 8 heteroatoms. The van der Waals surface area contributed by atoms with Gasteiger partial charge in [-0.25, -0.2) is 9.80 Å². The fourth-order valence-electron chi connectivity index (χ4n) is 3.49. The summed E-state index contributed by atoms with van der Waals surface area (Å²) in [5, 5.41) is 20.4. The van der Waals surface area contributed by atoms with Crippen LogP contribution in [0.1, 0.15) is 51.5 Å². The first-order chi connectivity index (χ1) is 12.9. The minimum absolute atomic E-state index is 0.117. The maximum Gasteiger partial charge on any atom is 0.343 e. The molecule has 0 aromatic heterocycles. The van der Waals surface area contributed by atoms with Gasteiger partial charge in [-0.1, -0.05) is 73.6 Å². The van der Waals surface area contributed by atoms with Crippen molar-refractivity contribution < 1.29 is 10.0 Å². The zero-order valence-corrected chi connectivity index (χ0v) is 17.3. The van der Waals surface area contributed by atoms with Crippen molar-refractivity contribution >= 4 is 40.5 Å². The number of thioether (sulfide) groups is 1. The van der Waals surface area contributed by atoms with E-state index in [-0.39, 0.29) is 6.04 Å². The van der Waals surface area contributed by atoms with Crippen LogP contribution >= 0.6 is 24.0 Å². The van der Waals surface area contributed by atoms with Gasteiger partial charge in [0.15, 0.2) is 10.5 Å².